The van der Waals surface area contributed by atoms with Crippen LogP contribution in [0, 0.1) is 6.92 Å². The monoisotopic (exact) mass is 412 g/mol. The van der Waals surface area contributed by atoms with Crippen molar-refractivity contribution in [1.82, 2.24) is 10.2 Å². The Morgan fingerprint density at radius 1 is 1.00 bits per heavy atom. The molecule has 2 aromatic carbocycles. The van der Waals surface area contributed by atoms with Gasteiger partial charge in [0.1, 0.15) is 17.5 Å². The minimum atomic E-state index is -0.580. The van der Waals surface area contributed by atoms with Gasteiger partial charge in [0.05, 0.1) is 7.11 Å². The molecule has 0 saturated heterocycles. The molecule has 1 atom stereocenters. The van der Waals surface area contributed by atoms with Crippen LogP contribution in [0.25, 0.3) is 0 Å². The van der Waals surface area contributed by atoms with E-state index in [-0.39, 0.29) is 24.5 Å². The number of carbonyl (C=O) groups excluding carboxylic acids is 2. The quantitative estimate of drug-likeness (QED) is 0.646. The van der Waals surface area contributed by atoms with E-state index >= 15 is 0 Å². The Morgan fingerprint density at radius 2 is 1.60 bits per heavy atom. The topological polar surface area (TPSA) is 67.9 Å². The third-order valence-electron chi connectivity index (χ3n) is 4.71. The first-order valence-corrected chi connectivity index (χ1v) is 10.3. The fraction of sp³-hybridized carbons (Fsp3) is 0.417. The number of benzene rings is 2. The third kappa shape index (κ3) is 6.79. The van der Waals surface area contributed by atoms with Gasteiger partial charge in [-0.3, -0.25) is 9.59 Å². The van der Waals surface area contributed by atoms with Crippen molar-refractivity contribution >= 4 is 11.8 Å². The molecule has 6 nitrogen and oxygen atoms in total. The first-order chi connectivity index (χ1) is 14.3. The molecule has 0 aliphatic carbocycles. The Balaban J connectivity index is 2.19. The maximum atomic E-state index is 13.1. The van der Waals surface area contributed by atoms with E-state index in [0.29, 0.717) is 18.7 Å². The van der Waals surface area contributed by atoms with Gasteiger partial charge >= 0.3 is 0 Å². The van der Waals surface area contributed by atoms with Crippen molar-refractivity contribution in [3.05, 3.63) is 59.7 Å². The van der Waals surface area contributed by atoms with E-state index < -0.39 is 6.04 Å². The average Bonchev–Trinajstić information content (AvgIpc) is 2.73. The highest BCUT2D eigenvalue weighted by atomic mass is 16.5. The standard InChI is InChI=1S/C24H32N2O4/c1-6-22(24(28)25-17(2)3)26(15-19-9-13-20(29-5)14-10-19)23(27)16-30-21-11-7-18(4)8-12-21/h7-14,17,22H,6,15-16H2,1-5H3,(H,25,28). The SMILES string of the molecule is CCC(C(=O)NC(C)C)N(Cc1ccc(OC)cc1)C(=O)COc1ccc(C)cc1. The van der Waals surface area contributed by atoms with E-state index in [4.69, 9.17) is 9.47 Å². The van der Waals surface area contributed by atoms with Crippen molar-refractivity contribution < 1.29 is 19.1 Å². The summed E-state index contributed by atoms with van der Waals surface area (Å²) in [5.74, 6) is 0.962. The maximum absolute atomic E-state index is 13.1. The highest BCUT2D eigenvalue weighted by Gasteiger charge is 2.29. The molecule has 0 spiro atoms. The lowest BCUT2D eigenvalue weighted by molar-refractivity contribution is -0.143. The Morgan fingerprint density at radius 3 is 2.13 bits per heavy atom. The first kappa shape index (κ1) is 23.3. The number of hydrogen-bond acceptors (Lipinski definition) is 4. The summed E-state index contributed by atoms with van der Waals surface area (Å²) >= 11 is 0. The van der Waals surface area contributed by atoms with Crippen LogP contribution in [0.1, 0.15) is 38.3 Å². The molecule has 162 valence electrons. The molecule has 0 aromatic heterocycles. The lowest BCUT2D eigenvalue weighted by atomic mass is 10.1. The molecule has 1 unspecified atom stereocenters. The first-order valence-electron chi connectivity index (χ1n) is 10.3. The van der Waals surface area contributed by atoms with Crippen molar-refractivity contribution in [3.63, 3.8) is 0 Å². The van der Waals surface area contributed by atoms with Crippen molar-refractivity contribution in [2.75, 3.05) is 13.7 Å². The summed E-state index contributed by atoms with van der Waals surface area (Å²) in [4.78, 5) is 27.5. The van der Waals surface area contributed by atoms with Crippen molar-refractivity contribution in [2.24, 2.45) is 0 Å². The van der Waals surface area contributed by atoms with Gasteiger partial charge in [0.25, 0.3) is 5.91 Å². The number of rotatable bonds is 10. The van der Waals surface area contributed by atoms with Gasteiger partial charge in [0.2, 0.25) is 5.91 Å². The van der Waals surface area contributed by atoms with Crippen LogP contribution >= 0.6 is 0 Å². The minimum Gasteiger partial charge on any atom is -0.497 e. The lowest BCUT2D eigenvalue weighted by Crippen LogP contribution is -2.51. The normalized spacial score (nSPS) is 11.7. The third-order valence-corrected chi connectivity index (χ3v) is 4.71. The molecule has 0 aliphatic heterocycles. The molecule has 0 heterocycles. The number of carbonyl (C=O) groups is 2. The largest absolute Gasteiger partial charge is 0.497 e. The van der Waals surface area contributed by atoms with Crippen molar-refractivity contribution in [2.45, 2.75) is 52.7 Å². The molecule has 0 fully saturated rings. The average molecular weight is 413 g/mol. The van der Waals surface area contributed by atoms with Crippen LogP contribution in [0.4, 0.5) is 0 Å². The molecule has 2 aromatic rings. The zero-order valence-corrected chi connectivity index (χ0v) is 18.5. The predicted octanol–water partition coefficient (Wildman–Crippen LogP) is 3.71. The Bertz CT molecular complexity index is 816. The van der Waals surface area contributed by atoms with Crippen LogP contribution in [-0.2, 0) is 16.1 Å². The summed E-state index contributed by atoms with van der Waals surface area (Å²) in [7, 11) is 1.61. The maximum Gasteiger partial charge on any atom is 0.261 e. The number of ether oxygens (including phenoxy) is 2. The summed E-state index contributed by atoms with van der Waals surface area (Å²) < 4.78 is 10.9. The zero-order chi connectivity index (χ0) is 22.1. The van der Waals surface area contributed by atoms with Gasteiger partial charge in [-0.1, -0.05) is 36.8 Å². The molecule has 0 saturated carbocycles. The Labute approximate surface area is 179 Å². The summed E-state index contributed by atoms with van der Waals surface area (Å²) in [6, 6.07) is 14.4. The second kappa shape index (κ2) is 11.2. The fourth-order valence-electron chi connectivity index (χ4n) is 3.09. The van der Waals surface area contributed by atoms with Gasteiger partial charge in [0.15, 0.2) is 6.61 Å². The van der Waals surface area contributed by atoms with Crippen LogP contribution in [0.3, 0.4) is 0 Å². The molecule has 30 heavy (non-hydrogen) atoms. The zero-order valence-electron chi connectivity index (χ0n) is 18.5. The van der Waals surface area contributed by atoms with Gasteiger partial charge in [-0.25, -0.2) is 0 Å². The van der Waals surface area contributed by atoms with Gasteiger partial charge < -0.3 is 19.7 Å². The van der Waals surface area contributed by atoms with Gasteiger partial charge in [-0.05, 0) is 57.0 Å². The summed E-state index contributed by atoms with van der Waals surface area (Å²) in [6.45, 7) is 7.88. The molecule has 0 bridgehead atoms. The molecule has 6 heteroatoms. The van der Waals surface area contributed by atoms with Gasteiger partial charge in [0, 0.05) is 12.6 Å². The van der Waals surface area contributed by atoms with Crippen LogP contribution in [0.2, 0.25) is 0 Å². The number of aryl methyl sites for hydroxylation is 1. The van der Waals surface area contributed by atoms with Crippen molar-refractivity contribution in [3.8, 4) is 11.5 Å². The number of nitrogens with one attached hydrogen (secondary N) is 1. The Hall–Kier alpha value is -3.02. The molecular weight excluding hydrogens is 380 g/mol. The van der Waals surface area contributed by atoms with E-state index in [9.17, 15) is 9.59 Å². The fourth-order valence-corrected chi connectivity index (χ4v) is 3.09. The molecule has 0 radical (unpaired) electrons. The van der Waals surface area contributed by atoms with E-state index in [2.05, 4.69) is 5.32 Å². The molecule has 1 N–H and O–H groups in total. The molecule has 0 aliphatic rings. The summed E-state index contributed by atoms with van der Waals surface area (Å²) in [5, 5.41) is 2.92. The molecule has 2 amide bonds. The number of nitrogens with zero attached hydrogens (tertiary/aromatic N) is 1. The lowest BCUT2D eigenvalue weighted by Gasteiger charge is -2.31. The highest BCUT2D eigenvalue weighted by molar-refractivity contribution is 5.88. The highest BCUT2D eigenvalue weighted by Crippen LogP contribution is 2.17. The van der Waals surface area contributed by atoms with Gasteiger partial charge in [-0.2, -0.15) is 0 Å². The molecule has 2 rings (SSSR count). The summed E-state index contributed by atoms with van der Waals surface area (Å²) in [5.41, 5.74) is 2.03. The second-order valence-electron chi connectivity index (χ2n) is 7.56. The van der Waals surface area contributed by atoms with Crippen LogP contribution < -0.4 is 14.8 Å². The van der Waals surface area contributed by atoms with E-state index in [1.165, 1.54) is 0 Å². The van der Waals surface area contributed by atoms with E-state index in [1.807, 2.05) is 76.2 Å². The smallest absolute Gasteiger partial charge is 0.261 e. The van der Waals surface area contributed by atoms with E-state index in [1.54, 1.807) is 12.0 Å². The number of methoxy groups -OCH3 is 1. The van der Waals surface area contributed by atoms with Crippen molar-refractivity contribution in [1.29, 1.82) is 0 Å². The number of amides is 2. The van der Waals surface area contributed by atoms with Crippen LogP contribution in [0.15, 0.2) is 48.5 Å². The van der Waals surface area contributed by atoms with Gasteiger partial charge in [-0.15, -0.1) is 0 Å². The van der Waals surface area contributed by atoms with E-state index in [0.717, 1.165) is 16.9 Å². The molecular formula is C24H32N2O4. The second-order valence-corrected chi connectivity index (χ2v) is 7.56. The van der Waals surface area contributed by atoms with Crippen LogP contribution in [0.5, 0.6) is 11.5 Å². The summed E-state index contributed by atoms with van der Waals surface area (Å²) in [6.07, 6.45) is 0.505. The Kier molecular flexibility index (Phi) is 8.71. The minimum absolute atomic E-state index is 0.00621. The number of hydrogen-bond donors (Lipinski definition) is 1. The predicted molar refractivity (Wildman–Crippen MR) is 118 cm³/mol. The van der Waals surface area contributed by atoms with Crippen LogP contribution in [-0.4, -0.2) is 42.5 Å².